The van der Waals surface area contributed by atoms with Crippen LogP contribution < -0.4 is 4.74 Å². The average Bonchev–Trinajstić information content (AvgIpc) is 3.52. The molecule has 1 N–H and O–H groups in total. The lowest BCUT2D eigenvalue weighted by atomic mass is 10.1. The van der Waals surface area contributed by atoms with Gasteiger partial charge >= 0.3 is 0 Å². The summed E-state index contributed by atoms with van der Waals surface area (Å²) in [5, 5.41) is 12.5. The first-order valence-electron chi connectivity index (χ1n) is 12.5. The lowest BCUT2D eigenvalue weighted by molar-refractivity contribution is -0.114. The molecule has 0 aliphatic carbocycles. The van der Waals surface area contributed by atoms with Gasteiger partial charge in [-0.25, -0.2) is 0 Å². The molecule has 0 saturated heterocycles. The fraction of sp³-hybridized carbons (Fsp3) is 0.129. The summed E-state index contributed by atoms with van der Waals surface area (Å²) in [5.41, 5.74) is 4.08. The highest BCUT2D eigenvalue weighted by molar-refractivity contribution is 8.17. The molecule has 0 spiro atoms. The number of amides is 1. The van der Waals surface area contributed by atoms with Crippen molar-refractivity contribution in [2.24, 2.45) is 10.9 Å². The van der Waals surface area contributed by atoms with E-state index in [9.17, 15) is 4.79 Å². The number of carbonyl (C=O) groups excluding carboxylic acids is 1. The number of benzene rings is 3. The average molecular weight is 519 g/mol. The number of amidine groups is 2. The first-order valence-corrected chi connectivity index (χ1v) is 13.4. The maximum atomic E-state index is 13.1. The van der Waals surface area contributed by atoms with Crippen molar-refractivity contribution in [3.05, 3.63) is 113 Å². The Hall–Kier alpha value is -4.36. The number of nitrogens with one attached hydrogen (secondary N) is 1. The minimum Gasteiger partial charge on any atom is -0.493 e. The van der Waals surface area contributed by atoms with Gasteiger partial charge in [0.2, 0.25) is 0 Å². The molecule has 2 aliphatic heterocycles. The molecule has 7 heteroatoms. The van der Waals surface area contributed by atoms with Crippen LogP contribution in [0.3, 0.4) is 0 Å². The Bertz CT molecular complexity index is 1620. The van der Waals surface area contributed by atoms with E-state index >= 15 is 0 Å². The van der Waals surface area contributed by atoms with Gasteiger partial charge in [0.05, 0.1) is 17.9 Å². The highest BCUT2D eigenvalue weighted by Gasteiger charge is 2.36. The van der Waals surface area contributed by atoms with Crippen LogP contribution in [0.25, 0.3) is 22.7 Å². The van der Waals surface area contributed by atoms with Gasteiger partial charge in [-0.15, -0.1) is 0 Å². The van der Waals surface area contributed by atoms with Crippen molar-refractivity contribution in [2.75, 3.05) is 6.61 Å². The topological polar surface area (TPSA) is 70.7 Å². The summed E-state index contributed by atoms with van der Waals surface area (Å²) in [6.45, 7) is 3.51. The summed E-state index contributed by atoms with van der Waals surface area (Å²) in [7, 11) is 0. The molecule has 6 rings (SSSR count). The SMILES string of the molecule is C[C@H](COc1ccccc1)Cn1cc(/C=C2/C(=N)N3C(c4ccccc4)=CSC3=NC2=O)c2ccccc21. The minimum atomic E-state index is -0.391. The summed E-state index contributed by atoms with van der Waals surface area (Å²) >= 11 is 1.37. The van der Waals surface area contributed by atoms with Gasteiger partial charge < -0.3 is 9.30 Å². The predicted molar refractivity (Wildman–Crippen MR) is 155 cm³/mol. The summed E-state index contributed by atoms with van der Waals surface area (Å²) in [6.07, 6.45) is 3.86. The standard InChI is InChI=1S/C31H26N4O2S/c1-21(19-37-24-12-6-3-7-13-24)17-34-18-23(25-14-8-9-15-27(25)34)16-26-29(32)35-28(22-10-4-2-5-11-22)20-38-31(35)33-30(26)36/h2-16,18,20-21,32H,17,19H2,1H3/b26-16-,32-29?/t21-/m0/s1. The quantitative estimate of drug-likeness (QED) is 0.278. The number of para-hydroxylation sites is 2. The smallest absolute Gasteiger partial charge is 0.283 e. The van der Waals surface area contributed by atoms with E-state index in [0.29, 0.717) is 11.8 Å². The molecule has 38 heavy (non-hydrogen) atoms. The van der Waals surface area contributed by atoms with E-state index in [2.05, 4.69) is 34.8 Å². The molecule has 1 amide bonds. The third-order valence-electron chi connectivity index (χ3n) is 6.59. The summed E-state index contributed by atoms with van der Waals surface area (Å²) in [6, 6.07) is 27.9. The van der Waals surface area contributed by atoms with E-state index < -0.39 is 5.91 Å². The Morgan fingerprint density at radius 3 is 2.50 bits per heavy atom. The van der Waals surface area contributed by atoms with Crippen LogP contribution in [0.5, 0.6) is 5.75 Å². The van der Waals surface area contributed by atoms with Crippen molar-refractivity contribution in [3.8, 4) is 5.75 Å². The van der Waals surface area contributed by atoms with Gasteiger partial charge in [0.1, 0.15) is 11.6 Å². The van der Waals surface area contributed by atoms with Crippen LogP contribution in [0.2, 0.25) is 0 Å². The molecule has 3 aromatic carbocycles. The molecule has 0 unspecified atom stereocenters. The van der Waals surface area contributed by atoms with Gasteiger partial charge in [0, 0.05) is 40.5 Å². The van der Waals surface area contributed by atoms with E-state index in [1.807, 2.05) is 78.2 Å². The maximum Gasteiger partial charge on any atom is 0.283 e. The molecule has 6 nitrogen and oxygen atoms in total. The predicted octanol–water partition coefficient (Wildman–Crippen LogP) is 6.66. The molecule has 188 valence electrons. The van der Waals surface area contributed by atoms with E-state index in [1.165, 1.54) is 11.8 Å². The molecule has 0 bridgehead atoms. The van der Waals surface area contributed by atoms with E-state index in [1.54, 1.807) is 11.0 Å². The Kier molecular flexibility index (Phi) is 6.43. The van der Waals surface area contributed by atoms with Gasteiger partial charge in [-0.3, -0.25) is 15.1 Å². The molecule has 0 saturated carbocycles. The van der Waals surface area contributed by atoms with Crippen LogP contribution in [0.1, 0.15) is 18.1 Å². The van der Waals surface area contributed by atoms with Crippen LogP contribution in [0, 0.1) is 11.3 Å². The van der Waals surface area contributed by atoms with Gasteiger partial charge in [0.15, 0.2) is 5.17 Å². The van der Waals surface area contributed by atoms with Crippen molar-refractivity contribution >= 4 is 51.3 Å². The zero-order valence-corrected chi connectivity index (χ0v) is 21.7. The monoisotopic (exact) mass is 518 g/mol. The minimum absolute atomic E-state index is 0.140. The largest absolute Gasteiger partial charge is 0.493 e. The third-order valence-corrected chi connectivity index (χ3v) is 7.42. The van der Waals surface area contributed by atoms with Crippen LogP contribution in [-0.2, 0) is 11.3 Å². The highest BCUT2D eigenvalue weighted by atomic mass is 32.2. The van der Waals surface area contributed by atoms with E-state index in [0.717, 1.165) is 40.0 Å². The number of hydrogen-bond donors (Lipinski definition) is 1. The van der Waals surface area contributed by atoms with Crippen molar-refractivity contribution in [3.63, 3.8) is 0 Å². The number of rotatable bonds is 7. The second-order valence-corrected chi connectivity index (χ2v) is 10.2. The van der Waals surface area contributed by atoms with E-state index in [4.69, 9.17) is 10.1 Å². The van der Waals surface area contributed by atoms with Crippen LogP contribution in [-0.4, -0.2) is 33.0 Å². The fourth-order valence-electron chi connectivity index (χ4n) is 4.75. The molecule has 3 heterocycles. The van der Waals surface area contributed by atoms with Gasteiger partial charge in [-0.1, -0.05) is 85.4 Å². The Morgan fingerprint density at radius 2 is 1.71 bits per heavy atom. The number of aliphatic imine (C=N–C) groups is 1. The van der Waals surface area contributed by atoms with Gasteiger partial charge in [-0.2, -0.15) is 4.99 Å². The van der Waals surface area contributed by atoms with Crippen molar-refractivity contribution < 1.29 is 9.53 Å². The number of fused-ring (bicyclic) bond motifs is 2. The first-order chi connectivity index (χ1) is 18.6. The fourth-order valence-corrected chi connectivity index (χ4v) is 5.64. The third kappa shape index (κ3) is 4.57. The Balaban J connectivity index is 1.29. The van der Waals surface area contributed by atoms with Crippen molar-refractivity contribution in [1.29, 1.82) is 5.41 Å². The van der Waals surface area contributed by atoms with E-state index in [-0.39, 0.29) is 17.3 Å². The van der Waals surface area contributed by atoms with Crippen molar-refractivity contribution in [1.82, 2.24) is 9.47 Å². The molecule has 2 aliphatic rings. The number of ether oxygens (including phenoxy) is 1. The van der Waals surface area contributed by atoms with Crippen molar-refractivity contribution in [2.45, 2.75) is 13.5 Å². The second kappa shape index (κ2) is 10.2. The summed E-state index contributed by atoms with van der Waals surface area (Å²) < 4.78 is 8.17. The molecule has 0 fully saturated rings. The zero-order valence-electron chi connectivity index (χ0n) is 20.9. The number of carbonyl (C=O) groups is 1. The number of hydrogen-bond acceptors (Lipinski definition) is 4. The summed E-state index contributed by atoms with van der Waals surface area (Å²) in [4.78, 5) is 19.1. The highest BCUT2D eigenvalue weighted by Crippen LogP contribution is 2.37. The molecule has 1 aromatic heterocycles. The maximum absolute atomic E-state index is 13.1. The molecule has 4 aromatic rings. The second-order valence-electron chi connectivity index (χ2n) is 9.41. The molecule has 0 radical (unpaired) electrons. The molecule has 1 atom stereocenters. The normalized spacial score (nSPS) is 17.0. The first kappa shape index (κ1) is 24.0. The number of nitrogens with zero attached hydrogens (tertiary/aromatic N) is 3. The number of thioether (sulfide) groups is 1. The Labute approximate surface area is 225 Å². The molecular formula is C31H26N4O2S. The van der Waals surface area contributed by atoms with Crippen LogP contribution in [0.15, 0.2) is 107 Å². The summed E-state index contributed by atoms with van der Waals surface area (Å²) in [5.74, 6) is 0.869. The van der Waals surface area contributed by atoms with Crippen LogP contribution in [0.4, 0.5) is 0 Å². The lowest BCUT2D eigenvalue weighted by Crippen LogP contribution is -2.38. The van der Waals surface area contributed by atoms with Crippen LogP contribution >= 0.6 is 11.8 Å². The van der Waals surface area contributed by atoms with Gasteiger partial charge in [0.25, 0.3) is 5.91 Å². The number of aromatic nitrogens is 1. The lowest BCUT2D eigenvalue weighted by Gasteiger charge is -2.26. The van der Waals surface area contributed by atoms with Gasteiger partial charge in [-0.05, 0) is 29.8 Å². The molecular weight excluding hydrogens is 492 g/mol. The zero-order chi connectivity index (χ0) is 26.1. The Morgan fingerprint density at radius 1 is 1.00 bits per heavy atom.